The molecule has 206 valence electrons. The van der Waals surface area contributed by atoms with Crippen LogP contribution >= 0.6 is 7.82 Å². The van der Waals surface area contributed by atoms with Gasteiger partial charge < -0.3 is 34.6 Å². The van der Waals surface area contributed by atoms with Gasteiger partial charge in [-0.1, -0.05) is 77.6 Å². The van der Waals surface area contributed by atoms with Crippen LogP contribution in [0.3, 0.4) is 0 Å². The van der Waals surface area contributed by atoms with E-state index in [0.717, 1.165) is 12.8 Å². The van der Waals surface area contributed by atoms with E-state index >= 15 is 0 Å². The van der Waals surface area contributed by atoms with Gasteiger partial charge in [-0.3, -0.25) is 9.36 Å². The summed E-state index contributed by atoms with van der Waals surface area (Å²) in [7, 11) is -4.99. The lowest BCUT2D eigenvalue weighted by molar-refractivity contribution is -0.765. The Morgan fingerprint density at radius 2 is 1.64 bits per heavy atom. The maximum absolute atomic E-state index is 12.5. The minimum Gasteiger partial charge on any atom is -0.756 e. The Bertz CT molecular complexity index is 821. The van der Waals surface area contributed by atoms with Gasteiger partial charge in [-0.05, 0) is 12.5 Å². The monoisotopic (exact) mass is 530 g/mol. The van der Waals surface area contributed by atoms with E-state index in [1.165, 1.54) is 75.0 Å². The van der Waals surface area contributed by atoms with Gasteiger partial charge in [0.2, 0.25) is 0 Å². The van der Waals surface area contributed by atoms with Gasteiger partial charge in [-0.2, -0.15) is 4.57 Å². The number of hydrogen-bond acceptors (Lipinski definition) is 7. The minimum atomic E-state index is -4.99. The highest BCUT2D eigenvalue weighted by molar-refractivity contribution is 7.44. The van der Waals surface area contributed by atoms with Crippen LogP contribution in [0.15, 0.2) is 24.5 Å². The van der Waals surface area contributed by atoms with Crippen LogP contribution in [-0.4, -0.2) is 52.5 Å². The van der Waals surface area contributed by atoms with Crippen LogP contribution in [-0.2, 0) is 13.8 Å². The van der Waals surface area contributed by atoms with Crippen molar-refractivity contribution in [2.75, 3.05) is 13.2 Å². The molecule has 2 heterocycles. The summed E-state index contributed by atoms with van der Waals surface area (Å²) < 4.78 is 22.0. The number of carbonyl (C=O) groups is 1. The first kappa shape index (κ1) is 30.8. The van der Waals surface area contributed by atoms with Crippen molar-refractivity contribution in [1.29, 1.82) is 0 Å². The molecule has 0 aromatic carbocycles. The van der Waals surface area contributed by atoms with Crippen LogP contribution in [0.5, 0.6) is 0 Å². The van der Waals surface area contributed by atoms with Crippen LogP contribution in [0.4, 0.5) is 0 Å². The van der Waals surface area contributed by atoms with Gasteiger partial charge in [0.15, 0.2) is 18.5 Å². The molecule has 1 aliphatic heterocycles. The fourth-order valence-corrected chi connectivity index (χ4v) is 4.67. The predicted molar refractivity (Wildman–Crippen MR) is 132 cm³/mol. The first-order valence-electron chi connectivity index (χ1n) is 13.2. The molecular weight excluding hydrogens is 487 g/mol. The molecule has 0 aliphatic carbocycles. The zero-order valence-corrected chi connectivity index (χ0v) is 22.2. The zero-order chi connectivity index (χ0) is 26.4. The molecular formula is C25H43N2O8P. The number of pyridine rings is 1. The number of phosphoric acid groups is 1. The van der Waals surface area contributed by atoms with Crippen LogP contribution in [0.2, 0.25) is 0 Å². The number of carbonyl (C=O) groups excluding carboxylic acids is 1. The molecule has 1 fully saturated rings. The lowest BCUT2D eigenvalue weighted by Crippen LogP contribution is -2.46. The van der Waals surface area contributed by atoms with Crippen molar-refractivity contribution in [3.63, 3.8) is 0 Å². The predicted octanol–water partition coefficient (Wildman–Crippen LogP) is 2.50. The highest BCUT2D eigenvalue weighted by atomic mass is 31.2. The number of ether oxygens (including phenoxy) is 1. The highest BCUT2D eigenvalue weighted by Crippen LogP contribution is 2.33. The zero-order valence-electron chi connectivity index (χ0n) is 21.3. The molecule has 0 spiro atoms. The second-order valence-electron chi connectivity index (χ2n) is 9.50. The normalized spacial score (nSPS) is 23.5. The van der Waals surface area contributed by atoms with Gasteiger partial charge in [0, 0.05) is 12.6 Å². The van der Waals surface area contributed by atoms with Gasteiger partial charge in [0.05, 0.1) is 6.61 Å². The van der Waals surface area contributed by atoms with Gasteiger partial charge in [-0.25, -0.2) is 0 Å². The van der Waals surface area contributed by atoms with E-state index in [1.54, 1.807) is 18.3 Å². The van der Waals surface area contributed by atoms with Gasteiger partial charge >= 0.3 is 0 Å². The van der Waals surface area contributed by atoms with Crippen molar-refractivity contribution in [1.82, 2.24) is 5.32 Å². The standard InChI is InChI=1S/C25H43N2O8P/c1-2-3-4-5-6-7-8-9-10-11-12-13-16-26-24(30)20-15-14-17-27(18-20)25-23(29)22(28)21(35-25)19-34-36(31,32)33/h14-15,17-18,21-23,25,28-29H,2-13,16,19H2,1H3,(H2-,26,30,31,32,33)/t21-,22-,23-,25-/m1/s1. The summed E-state index contributed by atoms with van der Waals surface area (Å²) in [6.07, 6.45) is 13.0. The van der Waals surface area contributed by atoms with Crippen LogP contribution < -0.4 is 14.8 Å². The van der Waals surface area contributed by atoms with E-state index in [2.05, 4.69) is 16.8 Å². The number of aliphatic hydroxyl groups is 2. The van der Waals surface area contributed by atoms with Crippen molar-refractivity contribution >= 4 is 13.7 Å². The van der Waals surface area contributed by atoms with Crippen molar-refractivity contribution < 1.29 is 43.2 Å². The second kappa shape index (κ2) is 16.5. The van der Waals surface area contributed by atoms with E-state index in [-0.39, 0.29) is 5.91 Å². The van der Waals surface area contributed by atoms with E-state index < -0.39 is 39.0 Å². The molecule has 0 saturated carbocycles. The van der Waals surface area contributed by atoms with Crippen molar-refractivity contribution in [2.45, 2.75) is 109 Å². The topological polar surface area (TPSA) is 152 Å². The maximum Gasteiger partial charge on any atom is 0.292 e. The quantitative estimate of drug-likeness (QED) is 0.128. The molecule has 1 aromatic rings. The number of hydrogen-bond donors (Lipinski definition) is 4. The lowest BCUT2D eigenvalue weighted by Gasteiger charge is -2.19. The number of phosphoric ester groups is 1. The van der Waals surface area contributed by atoms with E-state index in [4.69, 9.17) is 9.63 Å². The maximum atomic E-state index is 12.5. The third-order valence-corrected chi connectivity index (χ3v) is 6.91. The molecule has 0 bridgehead atoms. The average Bonchev–Trinajstić information content (AvgIpc) is 3.13. The lowest BCUT2D eigenvalue weighted by atomic mass is 10.1. The summed E-state index contributed by atoms with van der Waals surface area (Å²) in [6.45, 7) is 2.16. The SMILES string of the molecule is CCCCCCCCCCCCCCNC(=O)c1ccc[n+]([C@@H]2O[C@H](COP(=O)([O-])O)[C@@H](O)[C@H]2O)c1. The molecule has 0 radical (unpaired) electrons. The minimum absolute atomic E-state index is 0.257. The first-order valence-corrected chi connectivity index (χ1v) is 14.7. The summed E-state index contributed by atoms with van der Waals surface area (Å²) in [6, 6.07) is 3.25. The van der Waals surface area contributed by atoms with Crippen molar-refractivity contribution in [2.24, 2.45) is 0 Å². The van der Waals surface area contributed by atoms with E-state index in [1.807, 2.05) is 0 Å². The third-order valence-electron chi connectivity index (χ3n) is 6.43. The van der Waals surface area contributed by atoms with Gasteiger partial charge in [-0.15, -0.1) is 0 Å². The molecule has 36 heavy (non-hydrogen) atoms. The van der Waals surface area contributed by atoms with E-state index in [0.29, 0.717) is 12.1 Å². The fraction of sp³-hybridized carbons (Fsp3) is 0.760. The Balaban J connectivity index is 1.66. The smallest absolute Gasteiger partial charge is 0.292 e. The summed E-state index contributed by atoms with van der Waals surface area (Å²) in [5, 5.41) is 23.3. The second-order valence-corrected chi connectivity index (χ2v) is 10.7. The number of nitrogens with one attached hydrogen (secondary N) is 1. The molecule has 2 rings (SSSR count). The van der Waals surface area contributed by atoms with Crippen LogP contribution in [0.1, 0.15) is 101 Å². The molecule has 5 atom stereocenters. The Kier molecular flexibility index (Phi) is 14.1. The molecule has 1 saturated heterocycles. The molecule has 1 aromatic heterocycles. The van der Waals surface area contributed by atoms with Crippen LogP contribution in [0.25, 0.3) is 0 Å². The number of nitrogens with zero attached hydrogens (tertiary/aromatic N) is 1. The van der Waals surface area contributed by atoms with Gasteiger partial charge in [0.25, 0.3) is 20.0 Å². The highest BCUT2D eigenvalue weighted by Gasteiger charge is 2.48. The number of rotatable bonds is 18. The first-order chi connectivity index (χ1) is 17.2. The molecule has 11 heteroatoms. The number of aromatic nitrogens is 1. The Morgan fingerprint density at radius 1 is 1.06 bits per heavy atom. The summed E-state index contributed by atoms with van der Waals surface area (Å²) in [5.41, 5.74) is 0.362. The Hall–Kier alpha value is -1.39. The number of amides is 1. The number of aliphatic hydroxyl groups excluding tert-OH is 2. The Morgan fingerprint density at radius 3 is 2.22 bits per heavy atom. The van der Waals surface area contributed by atoms with Crippen molar-refractivity contribution in [3.05, 3.63) is 30.1 Å². The molecule has 1 unspecified atom stereocenters. The summed E-state index contributed by atoms with van der Waals surface area (Å²) in [5.74, 6) is -0.257. The third kappa shape index (κ3) is 11.3. The summed E-state index contributed by atoms with van der Waals surface area (Å²) in [4.78, 5) is 32.1. The number of unbranched alkanes of at least 4 members (excludes halogenated alkanes) is 11. The fourth-order valence-electron chi connectivity index (χ4n) is 4.34. The van der Waals surface area contributed by atoms with Crippen molar-refractivity contribution in [3.8, 4) is 0 Å². The van der Waals surface area contributed by atoms with Crippen LogP contribution in [0, 0.1) is 0 Å². The molecule has 1 amide bonds. The van der Waals surface area contributed by atoms with Gasteiger partial charge in [0.1, 0.15) is 17.8 Å². The summed E-state index contributed by atoms with van der Waals surface area (Å²) >= 11 is 0. The largest absolute Gasteiger partial charge is 0.756 e. The molecule has 10 nitrogen and oxygen atoms in total. The molecule has 1 aliphatic rings. The van der Waals surface area contributed by atoms with E-state index in [9.17, 15) is 24.5 Å². The average molecular weight is 531 g/mol. The Labute approximate surface area is 214 Å². The molecule has 4 N–H and O–H groups in total.